The van der Waals surface area contributed by atoms with E-state index in [4.69, 9.17) is 0 Å². The summed E-state index contributed by atoms with van der Waals surface area (Å²) in [6.45, 7) is 2.14. The van der Waals surface area contributed by atoms with Crippen molar-refractivity contribution in [1.82, 2.24) is 19.5 Å². The van der Waals surface area contributed by atoms with Crippen LogP contribution in [0, 0.1) is 6.92 Å². The zero-order valence-corrected chi connectivity index (χ0v) is 15.3. The Morgan fingerprint density at radius 3 is 2.81 bits per heavy atom. The normalized spacial score (nSPS) is 12.3. The number of nitrogens with zero attached hydrogens (tertiary/aromatic N) is 3. The molecule has 4 aromatic rings. The molecule has 0 unspecified atom stereocenters. The smallest absolute Gasteiger partial charge is 0.245 e. The number of aromatic nitrogens is 3. The second-order valence-electron chi connectivity index (χ2n) is 6.39. The van der Waals surface area contributed by atoms with Crippen molar-refractivity contribution in [1.29, 1.82) is 0 Å². The van der Waals surface area contributed by atoms with Gasteiger partial charge in [0.05, 0.1) is 17.2 Å². The number of H-pyrrole nitrogens is 1. The van der Waals surface area contributed by atoms with Gasteiger partial charge in [-0.05, 0) is 42.3 Å². The summed E-state index contributed by atoms with van der Waals surface area (Å²) in [5.41, 5.74) is 3.14. The Morgan fingerprint density at radius 1 is 1.12 bits per heavy atom. The lowest BCUT2D eigenvalue weighted by Crippen LogP contribution is -2.26. The average Bonchev–Trinajstić information content (AvgIpc) is 3.09. The molecular weight excluding hydrogens is 348 g/mol. The topological polar surface area (TPSA) is 79.0 Å². The molecule has 0 spiro atoms. The zero-order valence-electron chi connectivity index (χ0n) is 14.5. The Balaban J connectivity index is 1.71. The van der Waals surface area contributed by atoms with Gasteiger partial charge in [-0.1, -0.05) is 18.2 Å². The van der Waals surface area contributed by atoms with Gasteiger partial charge in [0.1, 0.15) is 4.90 Å². The summed E-state index contributed by atoms with van der Waals surface area (Å²) in [5.74, 6) is 0. The van der Waals surface area contributed by atoms with Crippen molar-refractivity contribution in [2.24, 2.45) is 0 Å². The number of aromatic amines is 1. The van der Waals surface area contributed by atoms with Gasteiger partial charge in [0, 0.05) is 30.6 Å². The Labute approximate surface area is 151 Å². The van der Waals surface area contributed by atoms with Crippen LogP contribution < -0.4 is 0 Å². The number of benzene rings is 2. The first-order chi connectivity index (χ1) is 12.4. The molecule has 0 aliphatic heterocycles. The van der Waals surface area contributed by atoms with Crippen molar-refractivity contribution < 1.29 is 8.42 Å². The molecule has 7 heteroatoms. The molecule has 26 heavy (non-hydrogen) atoms. The van der Waals surface area contributed by atoms with E-state index in [1.165, 1.54) is 4.31 Å². The maximum atomic E-state index is 13.1. The standard InChI is InChI=1S/C19H18N4O2S/c1-13-8-16-11-21-22-19(16)18(9-13)26(24,25)23(2)12-14-5-6-15-4-3-7-20-17(15)10-14/h3-11H,12H2,1-2H3,(H,21,22). The lowest BCUT2D eigenvalue weighted by Gasteiger charge is -2.18. The SMILES string of the molecule is Cc1cc(S(=O)(=O)N(C)Cc2ccc3cccnc3c2)c2[nH]ncc2c1. The number of fused-ring (bicyclic) bond motifs is 2. The molecule has 0 bridgehead atoms. The molecule has 0 aliphatic carbocycles. The minimum Gasteiger partial charge on any atom is -0.276 e. The molecule has 4 rings (SSSR count). The third-order valence-electron chi connectivity index (χ3n) is 4.42. The van der Waals surface area contributed by atoms with Gasteiger partial charge in [0.15, 0.2) is 0 Å². The van der Waals surface area contributed by atoms with E-state index in [2.05, 4.69) is 15.2 Å². The quantitative estimate of drug-likeness (QED) is 0.601. The number of sulfonamides is 1. The molecule has 0 radical (unpaired) electrons. The molecule has 0 amide bonds. The Kier molecular flexibility index (Phi) is 3.97. The van der Waals surface area contributed by atoms with Crippen molar-refractivity contribution in [2.45, 2.75) is 18.4 Å². The van der Waals surface area contributed by atoms with Crippen LogP contribution in [0.15, 0.2) is 59.8 Å². The number of nitrogens with one attached hydrogen (secondary N) is 1. The predicted molar refractivity (Wildman–Crippen MR) is 101 cm³/mol. The highest BCUT2D eigenvalue weighted by molar-refractivity contribution is 7.89. The molecule has 6 nitrogen and oxygen atoms in total. The van der Waals surface area contributed by atoms with Crippen LogP contribution in [0.25, 0.3) is 21.8 Å². The molecule has 0 saturated heterocycles. The van der Waals surface area contributed by atoms with Crippen LogP contribution in [0.4, 0.5) is 0 Å². The highest BCUT2D eigenvalue weighted by Crippen LogP contribution is 2.26. The van der Waals surface area contributed by atoms with E-state index in [-0.39, 0.29) is 11.4 Å². The van der Waals surface area contributed by atoms with Crippen molar-refractivity contribution in [2.75, 3.05) is 7.05 Å². The minimum absolute atomic E-state index is 0.242. The lowest BCUT2D eigenvalue weighted by atomic mass is 10.1. The van der Waals surface area contributed by atoms with Crippen molar-refractivity contribution >= 4 is 31.8 Å². The van der Waals surface area contributed by atoms with E-state index < -0.39 is 10.0 Å². The van der Waals surface area contributed by atoms with E-state index in [1.807, 2.05) is 43.3 Å². The van der Waals surface area contributed by atoms with Gasteiger partial charge < -0.3 is 0 Å². The Hall–Kier alpha value is -2.77. The van der Waals surface area contributed by atoms with Crippen LogP contribution in [0.1, 0.15) is 11.1 Å². The van der Waals surface area contributed by atoms with Gasteiger partial charge in [0.2, 0.25) is 10.0 Å². The maximum absolute atomic E-state index is 13.1. The van der Waals surface area contributed by atoms with E-state index >= 15 is 0 Å². The third-order valence-corrected chi connectivity index (χ3v) is 6.25. The first-order valence-corrected chi connectivity index (χ1v) is 9.63. The van der Waals surface area contributed by atoms with Gasteiger partial charge in [-0.2, -0.15) is 9.40 Å². The summed E-state index contributed by atoms with van der Waals surface area (Å²) in [6, 6.07) is 13.3. The molecule has 0 atom stereocenters. The Morgan fingerprint density at radius 2 is 1.96 bits per heavy atom. The van der Waals surface area contributed by atoms with Crippen LogP contribution >= 0.6 is 0 Å². The predicted octanol–water partition coefficient (Wildman–Crippen LogP) is 3.24. The second kappa shape index (κ2) is 6.19. The highest BCUT2D eigenvalue weighted by atomic mass is 32.2. The number of hydrogen-bond acceptors (Lipinski definition) is 4. The molecule has 1 N–H and O–H groups in total. The minimum atomic E-state index is -3.67. The van der Waals surface area contributed by atoms with E-state index in [9.17, 15) is 8.42 Å². The van der Waals surface area contributed by atoms with Gasteiger partial charge in [-0.3, -0.25) is 10.1 Å². The fourth-order valence-electron chi connectivity index (χ4n) is 3.09. The fourth-order valence-corrected chi connectivity index (χ4v) is 4.50. The molecular formula is C19H18N4O2S. The van der Waals surface area contributed by atoms with Gasteiger partial charge in [-0.15, -0.1) is 0 Å². The van der Waals surface area contributed by atoms with Gasteiger partial charge >= 0.3 is 0 Å². The van der Waals surface area contributed by atoms with E-state index in [0.29, 0.717) is 5.52 Å². The van der Waals surface area contributed by atoms with Crippen LogP contribution in [0.5, 0.6) is 0 Å². The molecule has 2 heterocycles. The zero-order chi connectivity index (χ0) is 18.3. The Bertz CT molecular complexity index is 1210. The van der Waals surface area contributed by atoms with Crippen LogP contribution in [0.2, 0.25) is 0 Å². The largest absolute Gasteiger partial charge is 0.276 e. The molecule has 0 fully saturated rings. The summed E-state index contributed by atoms with van der Waals surface area (Å²) in [4.78, 5) is 4.58. The first kappa shape index (κ1) is 16.7. The average molecular weight is 366 g/mol. The van der Waals surface area contributed by atoms with E-state index in [1.54, 1.807) is 25.5 Å². The van der Waals surface area contributed by atoms with Gasteiger partial charge in [0.25, 0.3) is 0 Å². The van der Waals surface area contributed by atoms with Crippen molar-refractivity contribution in [3.63, 3.8) is 0 Å². The number of hydrogen-bond donors (Lipinski definition) is 1. The second-order valence-corrected chi connectivity index (χ2v) is 8.40. The maximum Gasteiger partial charge on any atom is 0.245 e. The lowest BCUT2D eigenvalue weighted by molar-refractivity contribution is 0.467. The summed E-state index contributed by atoms with van der Waals surface area (Å²) < 4.78 is 27.6. The number of rotatable bonds is 4. The van der Waals surface area contributed by atoms with Crippen LogP contribution in [0.3, 0.4) is 0 Å². The highest BCUT2D eigenvalue weighted by Gasteiger charge is 2.24. The van der Waals surface area contributed by atoms with Gasteiger partial charge in [-0.25, -0.2) is 8.42 Å². The molecule has 0 aliphatic rings. The fraction of sp³-hybridized carbons (Fsp3) is 0.158. The first-order valence-electron chi connectivity index (χ1n) is 8.19. The molecule has 0 saturated carbocycles. The summed E-state index contributed by atoms with van der Waals surface area (Å²) >= 11 is 0. The van der Waals surface area contributed by atoms with E-state index in [0.717, 1.165) is 27.4 Å². The number of pyridine rings is 1. The summed E-state index contributed by atoms with van der Waals surface area (Å²) in [7, 11) is -2.08. The van der Waals surface area contributed by atoms with Crippen LogP contribution in [-0.2, 0) is 16.6 Å². The monoisotopic (exact) mass is 366 g/mol. The summed E-state index contributed by atoms with van der Waals surface area (Å²) in [5, 5.41) is 8.59. The van der Waals surface area contributed by atoms with Crippen molar-refractivity contribution in [3.05, 3.63) is 66.0 Å². The summed E-state index contributed by atoms with van der Waals surface area (Å²) in [6.07, 6.45) is 3.37. The molecule has 2 aromatic carbocycles. The third kappa shape index (κ3) is 2.85. The molecule has 132 valence electrons. The molecule has 2 aromatic heterocycles. The van der Waals surface area contributed by atoms with Crippen molar-refractivity contribution in [3.8, 4) is 0 Å². The van der Waals surface area contributed by atoms with Crippen LogP contribution in [-0.4, -0.2) is 35.0 Å². The number of aryl methyl sites for hydroxylation is 1.